The number of carbonyl (C=O) groups is 2. The van der Waals surface area contributed by atoms with E-state index in [1.54, 1.807) is 19.9 Å². The smallest absolute Gasteiger partial charge is 0.339 e. The maximum Gasteiger partial charge on any atom is 0.339 e. The van der Waals surface area contributed by atoms with Crippen molar-refractivity contribution in [2.75, 3.05) is 0 Å². The Morgan fingerprint density at radius 3 is 2.68 bits per heavy atom. The fourth-order valence-electron chi connectivity index (χ4n) is 3.67. The zero-order chi connectivity index (χ0) is 20.4. The van der Waals surface area contributed by atoms with Crippen LogP contribution in [0.15, 0.2) is 21.3 Å². The van der Waals surface area contributed by atoms with Crippen molar-refractivity contribution >= 4 is 22.8 Å². The minimum Gasteiger partial charge on any atom is -0.480 e. The third kappa shape index (κ3) is 3.74. The molecule has 28 heavy (non-hydrogen) atoms. The van der Waals surface area contributed by atoms with Crippen molar-refractivity contribution in [2.45, 2.75) is 65.0 Å². The first-order chi connectivity index (χ1) is 13.3. The standard InChI is InChI=1S/C21H25NO6/c1-4-6-16(20(24)25)22-19(23)12(3)27-17-10-9-14-13-7-5-8-15(13)21(26)28-18(14)11(17)2/h9-10,12,16H,4-8H2,1-3H3,(H,22,23)(H,24,25)/t12-,16+/m0/s1. The van der Waals surface area contributed by atoms with Gasteiger partial charge in [-0.25, -0.2) is 9.59 Å². The lowest BCUT2D eigenvalue weighted by Crippen LogP contribution is -2.46. The second-order valence-corrected chi connectivity index (χ2v) is 7.21. The topological polar surface area (TPSA) is 106 Å². The average Bonchev–Trinajstić information content (AvgIpc) is 3.14. The first-order valence-electron chi connectivity index (χ1n) is 9.61. The number of carboxylic acids is 1. The van der Waals surface area contributed by atoms with E-state index in [1.807, 2.05) is 13.0 Å². The molecule has 2 aromatic rings. The van der Waals surface area contributed by atoms with Gasteiger partial charge in [-0.2, -0.15) is 0 Å². The van der Waals surface area contributed by atoms with Crippen molar-refractivity contribution in [2.24, 2.45) is 0 Å². The number of aryl methyl sites for hydroxylation is 2. The summed E-state index contributed by atoms with van der Waals surface area (Å²) in [5.74, 6) is -1.14. The largest absolute Gasteiger partial charge is 0.480 e. The van der Waals surface area contributed by atoms with E-state index in [-0.39, 0.29) is 5.63 Å². The van der Waals surface area contributed by atoms with Gasteiger partial charge in [0.2, 0.25) is 0 Å². The molecule has 0 aliphatic heterocycles. The van der Waals surface area contributed by atoms with Gasteiger partial charge in [-0.1, -0.05) is 13.3 Å². The molecule has 0 fully saturated rings. The third-order valence-electron chi connectivity index (χ3n) is 5.21. The van der Waals surface area contributed by atoms with Gasteiger partial charge in [-0.15, -0.1) is 0 Å². The van der Waals surface area contributed by atoms with Crippen LogP contribution >= 0.6 is 0 Å². The Morgan fingerprint density at radius 1 is 1.29 bits per heavy atom. The van der Waals surface area contributed by atoms with Crippen molar-refractivity contribution < 1.29 is 23.8 Å². The Morgan fingerprint density at radius 2 is 2.00 bits per heavy atom. The first kappa shape index (κ1) is 19.9. The molecule has 0 saturated carbocycles. The van der Waals surface area contributed by atoms with Gasteiger partial charge < -0.3 is 19.6 Å². The van der Waals surface area contributed by atoms with Crippen molar-refractivity contribution in [3.8, 4) is 5.75 Å². The summed E-state index contributed by atoms with van der Waals surface area (Å²) < 4.78 is 11.3. The monoisotopic (exact) mass is 387 g/mol. The minimum atomic E-state index is -1.07. The summed E-state index contributed by atoms with van der Waals surface area (Å²) in [6.07, 6.45) is 2.62. The van der Waals surface area contributed by atoms with Crippen molar-refractivity contribution in [1.82, 2.24) is 5.32 Å². The van der Waals surface area contributed by atoms with Crippen LogP contribution in [0.25, 0.3) is 11.0 Å². The highest BCUT2D eigenvalue weighted by Crippen LogP contribution is 2.33. The van der Waals surface area contributed by atoms with Crippen LogP contribution in [0, 0.1) is 6.92 Å². The predicted octanol–water partition coefficient (Wildman–Crippen LogP) is 2.73. The molecular formula is C21H25NO6. The molecule has 1 aliphatic rings. The predicted molar refractivity (Wildman–Crippen MR) is 104 cm³/mol. The van der Waals surface area contributed by atoms with Crippen LogP contribution in [-0.4, -0.2) is 29.1 Å². The Kier molecular flexibility index (Phi) is 5.72. The van der Waals surface area contributed by atoms with E-state index < -0.39 is 24.0 Å². The summed E-state index contributed by atoms with van der Waals surface area (Å²) in [4.78, 5) is 35.8. The van der Waals surface area contributed by atoms with E-state index >= 15 is 0 Å². The number of ether oxygens (including phenoxy) is 1. The molecule has 7 nitrogen and oxygen atoms in total. The molecule has 1 heterocycles. The molecule has 2 N–H and O–H groups in total. The molecule has 1 aromatic carbocycles. The van der Waals surface area contributed by atoms with Crippen molar-refractivity contribution in [3.05, 3.63) is 39.2 Å². The number of nitrogens with one attached hydrogen (secondary N) is 1. The second-order valence-electron chi connectivity index (χ2n) is 7.21. The molecule has 0 bridgehead atoms. The quantitative estimate of drug-likeness (QED) is 0.708. The number of aliphatic carboxylic acids is 1. The van der Waals surface area contributed by atoms with Gasteiger partial charge in [0.15, 0.2) is 6.10 Å². The Labute approximate surface area is 162 Å². The molecule has 7 heteroatoms. The molecule has 0 unspecified atom stereocenters. The fourth-order valence-corrected chi connectivity index (χ4v) is 3.67. The highest BCUT2D eigenvalue weighted by atomic mass is 16.5. The lowest BCUT2D eigenvalue weighted by molar-refractivity contribution is -0.143. The summed E-state index contributed by atoms with van der Waals surface area (Å²) in [5.41, 5.74) is 2.60. The van der Waals surface area contributed by atoms with Crippen molar-refractivity contribution in [3.63, 3.8) is 0 Å². The number of benzene rings is 1. The van der Waals surface area contributed by atoms with E-state index in [0.29, 0.717) is 29.7 Å². The highest BCUT2D eigenvalue weighted by molar-refractivity contribution is 5.88. The Balaban J connectivity index is 1.83. The summed E-state index contributed by atoms with van der Waals surface area (Å²) in [7, 11) is 0. The zero-order valence-corrected chi connectivity index (χ0v) is 16.3. The number of carbonyl (C=O) groups excluding carboxylic acids is 1. The molecule has 1 aromatic heterocycles. The zero-order valence-electron chi connectivity index (χ0n) is 16.3. The summed E-state index contributed by atoms with van der Waals surface area (Å²) in [5, 5.41) is 12.6. The molecule has 150 valence electrons. The summed E-state index contributed by atoms with van der Waals surface area (Å²) >= 11 is 0. The normalized spacial score (nSPS) is 15.1. The van der Waals surface area contributed by atoms with E-state index in [0.717, 1.165) is 35.8 Å². The maximum atomic E-state index is 12.3. The van der Waals surface area contributed by atoms with Gasteiger partial charge in [0.1, 0.15) is 17.4 Å². The first-order valence-corrected chi connectivity index (χ1v) is 9.61. The van der Waals surface area contributed by atoms with Gasteiger partial charge in [-0.05, 0) is 57.2 Å². The lowest BCUT2D eigenvalue weighted by Gasteiger charge is -2.20. The number of rotatable bonds is 7. The van der Waals surface area contributed by atoms with Crippen LogP contribution in [0.2, 0.25) is 0 Å². The summed E-state index contributed by atoms with van der Waals surface area (Å²) in [6.45, 7) is 5.19. The fraction of sp³-hybridized carbons (Fsp3) is 0.476. The lowest BCUT2D eigenvalue weighted by atomic mass is 10.0. The second kappa shape index (κ2) is 8.04. The minimum absolute atomic E-state index is 0.310. The summed E-state index contributed by atoms with van der Waals surface area (Å²) in [6, 6.07) is 2.68. The van der Waals surface area contributed by atoms with Gasteiger partial charge >= 0.3 is 11.6 Å². The van der Waals surface area contributed by atoms with E-state index in [2.05, 4.69) is 5.32 Å². The maximum absolute atomic E-state index is 12.3. The molecule has 3 rings (SSSR count). The molecule has 0 spiro atoms. The molecular weight excluding hydrogens is 362 g/mol. The molecule has 1 amide bonds. The van der Waals surface area contributed by atoms with Gasteiger partial charge in [0, 0.05) is 16.5 Å². The number of carboxylic acid groups (broad SMARTS) is 1. The van der Waals surface area contributed by atoms with E-state index in [4.69, 9.17) is 9.15 Å². The van der Waals surface area contributed by atoms with Crippen LogP contribution in [0.5, 0.6) is 5.75 Å². The third-order valence-corrected chi connectivity index (χ3v) is 5.21. The average molecular weight is 387 g/mol. The van der Waals surface area contributed by atoms with Crippen LogP contribution < -0.4 is 15.7 Å². The van der Waals surface area contributed by atoms with Gasteiger partial charge in [0.25, 0.3) is 5.91 Å². The highest BCUT2D eigenvalue weighted by Gasteiger charge is 2.25. The van der Waals surface area contributed by atoms with Crippen LogP contribution in [-0.2, 0) is 22.4 Å². The SMILES string of the molecule is CCC[C@@H](NC(=O)[C@H](C)Oc1ccc2c3c(c(=O)oc2c1C)CCC3)C(=O)O. The molecule has 0 radical (unpaired) electrons. The number of fused-ring (bicyclic) bond motifs is 3. The molecule has 1 aliphatic carbocycles. The van der Waals surface area contributed by atoms with E-state index in [1.165, 1.54) is 0 Å². The van der Waals surface area contributed by atoms with Crippen LogP contribution in [0.3, 0.4) is 0 Å². The number of hydrogen-bond donors (Lipinski definition) is 2. The number of hydrogen-bond acceptors (Lipinski definition) is 5. The Hall–Kier alpha value is -2.83. The van der Waals surface area contributed by atoms with Gasteiger partial charge in [-0.3, -0.25) is 4.79 Å². The van der Waals surface area contributed by atoms with Crippen LogP contribution in [0.1, 0.15) is 49.8 Å². The van der Waals surface area contributed by atoms with E-state index in [9.17, 15) is 19.5 Å². The molecule has 2 atom stereocenters. The van der Waals surface area contributed by atoms with Crippen LogP contribution in [0.4, 0.5) is 0 Å². The number of amides is 1. The Bertz CT molecular complexity index is 977. The molecule has 0 saturated heterocycles. The van der Waals surface area contributed by atoms with Crippen molar-refractivity contribution in [1.29, 1.82) is 0 Å². The van der Waals surface area contributed by atoms with Gasteiger partial charge in [0.05, 0.1) is 0 Å².